The average Bonchev–Trinajstić information content (AvgIpc) is 3.26. The van der Waals surface area contributed by atoms with E-state index in [2.05, 4.69) is 5.16 Å². The summed E-state index contributed by atoms with van der Waals surface area (Å²) in [5.74, 6) is 1.49. The van der Waals surface area contributed by atoms with Gasteiger partial charge in [0, 0.05) is 32.4 Å². The van der Waals surface area contributed by atoms with E-state index < -0.39 is 0 Å². The molecule has 0 N–H and O–H groups in total. The molecule has 2 aromatic carbocycles. The fourth-order valence-electron chi connectivity index (χ4n) is 3.71. The first-order chi connectivity index (χ1) is 14.2. The Bertz CT molecular complexity index is 860. The lowest BCUT2D eigenvalue weighted by molar-refractivity contribution is -0.125. The number of likely N-dealkylation sites (tertiary alicyclic amines) is 1. The smallest absolute Gasteiger partial charge is 0.271 e. The highest BCUT2D eigenvalue weighted by Crippen LogP contribution is 2.30. The summed E-state index contributed by atoms with van der Waals surface area (Å²) < 4.78 is 11.8. The van der Waals surface area contributed by atoms with Crippen LogP contribution in [0.4, 0.5) is 0 Å². The molecule has 1 amide bonds. The van der Waals surface area contributed by atoms with E-state index in [0.29, 0.717) is 31.8 Å². The SMILES string of the molecule is CCOc1ccccc1OC1CCN(C(=O)C2=NOC(c3ccccc3)C2)CC1. The van der Waals surface area contributed by atoms with Gasteiger partial charge in [-0.2, -0.15) is 0 Å². The number of carbonyl (C=O) groups is 1. The molecule has 29 heavy (non-hydrogen) atoms. The van der Waals surface area contributed by atoms with E-state index in [9.17, 15) is 4.79 Å². The molecule has 2 aromatic rings. The molecule has 2 aliphatic heterocycles. The highest BCUT2D eigenvalue weighted by molar-refractivity contribution is 6.39. The van der Waals surface area contributed by atoms with Crippen molar-refractivity contribution >= 4 is 11.6 Å². The van der Waals surface area contributed by atoms with Crippen molar-refractivity contribution in [2.45, 2.75) is 38.4 Å². The number of oxime groups is 1. The van der Waals surface area contributed by atoms with Gasteiger partial charge in [-0.15, -0.1) is 0 Å². The maximum atomic E-state index is 12.8. The fourth-order valence-corrected chi connectivity index (χ4v) is 3.71. The minimum atomic E-state index is -0.175. The Morgan fingerprint density at radius 2 is 1.76 bits per heavy atom. The summed E-state index contributed by atoms with van der Waals surface area (Å²) in [6.45, 7) is 3.85. The van der Waals surface area contributed by atoms with Gasteiger partial charge in [0.2, 0.25) is 0 Å². The molecule has 2 aliphatic rings. The van der Waals surface area contributed by atoms with Crippen LogP contribution >= 0.6 is 0 Å². The third-order valence-electron chi connectivity index (χ3n) is 5.26. The van der Waals surface area contributed by atoms with Crippen LogP contribution in [0.25, 0.3) is 0 Å². The van der Waals surface area contributed by atoms with Gasteiger partial charge < -0.3 is 19.2 Å². The molecule has 1 unspecified atom stereocenters. The number of nitrogens with zero attached hydrogens (tertiary/aromatic N) is 2. The predicted molar refractivity (Wildman–Crippen MR) is 110 cm³/mol. The summed E-state index contributed by atoms with van der Waals surface area (Å²) in [5.41, 5.74) is 1.54. The highest BCUT2D eigenvalue weighted by Gasteiger charge is 2.32. The van der Waals surface area contributed by atoms with E-state index in [1.807, 2.05) is 66.4 Å². The van der Waals surface area contributed by atoms with E-state index >= 15 is 0 Å². The monoisotopic (exact) mass is 394 g/mol. The number of ether oxygens (including phenoxy) is 2. The van der Waals surface area contributed by atoms with Gasteiger partial charge in [0.05, 0.1) is 6.61 Å². The maximum Gasteiger partial charge on any atom is 0.271 e. The van der Waals surface area contributed by atoms with Crippen LogP contribution in [0.5, 0.6) is 11.5 Å². The minimum Gasteiger partial charge on any atom is -0.490 e. The molecule has 1 saturated heterocycles. The van der Waals surface area contributed by atoms with Crippen molar-refractivity contribution in [2.24, 2.45) is 5.16 Å². The quantitative estimate of drug-likeness (QED) is 0.744. The standard InChI is InChI=1S/C23H26N2O4/c1-2-27-20-10-6-7-11-21(20)28-18-12-14-25(15-13-18)23(26)19-16-22(29-24-19)17-8-4-3-5-9-17/h3-11,18,22H,2,12-16H2,1H3. The lowest BCUT2D eigenvalue weighted by Crippen LogP contribution is -2.44. The lowest BCUT2D eigenvalue weighted by Gasteiger charge is -2.32. The molecular formula is C23H26N2O4. The number of carbonyl (C=O) groups excluding carboxylic acids is 1. The first kappa shape index (κ1) is 19.3. The van der Waals surface area contributed by atoms with Gasteiger partial charge in [-0.05, 0) is 24.6 Å². The molecular weight excluding hydrogens is 368 g/mol. The molecule has 0 saturated carbocycles. The van der Waals surface area contributed by atoms with Gasteiger partial charge in [-0.25, -0.2) is 0 Å². The van der Waals surface area contributed by atoms with Crippen LogP contribution in [0.2, 0.25) is 0 Å². The van der Waals surface area contributed by atoms with Crippen molar-refractivity contribution in [2.75, 3.05) is 19.7 Å². The number of hydrogen-bond acceptors (Lipinski definition) is 5. The largest absolute Gasteiger partial charge is 0.490 e. The molecule has 6 heteroatoms. The van der Waals surface area contributed by atoms with Crippen LogP contribution in [0.15, 0.2) is 59.8 Å². The normalized spacial score (nSPS) is 19.4. The van der Waals surface area contributed by atoms with Crippen molar-refractivity contribution in [3.63, 3.8) is 0 Å². The van der Waals surface area contributed by atoms with Gasteiger partial charge in [-0.1, -0.05) is 47.6 Å². The average molecular weight is 394 g/mol. The summed E-state index contributed by atoms with van der Waals surface area (Å²) >= 11 is 0. The van der Waals surface area contributed by atoms with Crippen LogP contribution in [-0.4, -0.2) is 42.3 Å². The minimum absolute atomic E-state index is 0.0309. The summed E-state index contributed by atoms with van der Waals surface area (Å²) in [5, 5.41) is 4.07. The Balaban J connectivity index is 1.29. The molecule has 0 aliphatic carbocycles. The van der Waals surface area contributed by atoms with Crippen molar-refractivity contribution in [1.29, 1.82) is 0 Å². The van der Waals surface area contributed by atoms with Crippen molar-refractivity contribution < 1.29 is 19.1 Å². The van der Waals surface area contributed by atoms with Crippen molar-refractivity contribution in [1.82, 2.24) is 4.90 Å². The second kappa shape index (κ2) is 8.99. The van der Waals surface area contributed by atoms with Gasteiger partial charge in [0.15, 0.2) is 17.6 Å². The molecule has 0 spiro atoms. The summed E-state index contributed by atoms with van der Waals surface area (Å²) in [6.07, 6.45) is 1.97. The first-order valence-electron chi connectivity index (χ1n) is 10.2. The maximum absolute atomic E-state index is 12.8. The molecule has 4 rings (SSSR count). The molecule has 0 bridgehead atoms. The van der Waals surface area contributed by atoms with Crippen LogP contribution in [0.1, 0.15) is 37.9 Å². The zero-order valence-electron chi connectivity index (χ0n) is 16.6. The number of piperidine rings is 1. The molecule has 1 fully saturated rings. The molecule has 2 heterocycles. The van der Waals surface area contributed by atoms with Crippen molar-refractivity contribution in [3.05, 3.63) is 60.2 Å². The number of amides is 1. The lowest BCUT2D eigenvalue weighted by atomic mass is 10.0. The Morgan fingerprint density at radius 3 is 2.48 bits per heavy atom. The molecule has 152 valence electrons. The van der Waals surface area contributed by atoms with Crippen LogP contribution in [-0.2, 0) is 9.63 Å². The number of hydrogen-bond donors (Lipinski definition) is 0. The predicted octanol–water partition coefficient (Wildman–Crippen LogP) is 3.97. The van der Waals surface area contributed by atoms with E-state index in [1.54, 1.807) is 0 Å². The fraction of sp³-hybridized carbons (Fsp3) is 0.391. The summed E-state index contributed by atoms with van der Waals surface area (Å²) in [6, 6.07) is 17.6. The summed E-state index contributed by atoms with van der Waals surface area (Å²) in [4.78, 5) is 20.2. The van der Waals surface area contributed by atoms with E-state index in [4.69, 9.17) is 14.3 Å². The molecule has 6 nitrogen and oxygen atoms in total. The van der Waals surface area contributed by atoms with Crippen LogP contribution in [0.3, 0.4) is 0 Å². The van der Waals surface area contributed by atoms with Crippen molar-refractivity contribution in [3.8, 4) is 11.5 Å². The zero-order chi connectivity index (χ0) is 20.1. The topological polar surface area (TPSA) is 60.4 Å². The third-order valence-corrected chi connectivity index (χ3v) is 5.26. The van der Waals surface area contributed by atoms with Gasteiger partial charge in [0.25, 0.3) is 5.91 Å². The molecule has 1 atom stereocenters. The number of para-hydroxylation sites is 2. The molecule has 0 radical (unpaired) electrons. The Hall–Kier alpha value is -3.02. The van der Waals surface area contributed by atoms with Crippen LogP contribution in [0, 0.1) is 0 Å². The van der Waals surface area contributed by atoms with Gasteiger partial charge in [-0.3, -0.25) is 4.79 Å². The van der Waals surface area contributed by atoms with Gasteiger partial charge in [0.1, 0.15) is 11.8 Å². The van der Waals surface area contributed by atoms with E-state index in [1.165, 1.54) is 0 Å². The van der Waals surface area contributed by atoms with E-state index in [-0.39, 0.29) is 18.1 Å². The second-order valence-electron chi connectivity index (χ2n) is 7.24. The highest BCUT2D eigenvalue weighted by atomic mass is 16.6. The van der Waals surface area contributed by atoms with Gasteiger partial charge >= 0.3 is 0 Å². The zero-order valence-corrected chi connectivity index (χ0v) is 16.6. The Labute approximate surface area is 171 Å². The van der Waals surface area contributed by atoms with Crippen LogP contribution < -0.4 is 9.47 Å². The Kier molecular flexibility index (Phi) is 5.98. The number of rotatable bonds is 6. The second-order valence-corrected chi connectivity index (χ2v) is 7.24. The molecule has 0 aromatic heterocycles. The Morgan fingerprint density at radius 1 is 1.07 bits per heavy atom. The first-order valence-corrected chi connectivity index (χ1v) is 10.2. The third kappa shape index (κ3) is 4.53. The number of benzene rings is 2. The van der Waals surface area contributed by atoms with E-state index in [0.717, 1.165) is 29.9 Å². The summed E-state index contributed by atoms with van der Waals surface area (Å²) in [7, 11) is 0.